The molecule has 0 aromatic carbocycles. The smallest absolute Gasteiger partial charge is 0.230 e. The minimum Gasteiger partial charge on any atom is -0.380 e. The van der Waals surface area contributed by atoms with Crippen molar-refractivity contribution in [1.82, 2.24) is 4.31 Å². The van der Waals surface area contributed by atoms with Gasteiger partial charge < -0.3 is 4.74 Å². The van der Waals surface area contributed by atoms with Gasteiger partial charge in [-0.25, -0.2) is 8.42 Å². The number of nitriles is 1. The zero-order chi connectivity index (χ0) is 10.8. The fourth-order valence-electron chi connectivity index (χ4n) is 1.41. The fraction of sp³-hybridized carbons (Fsp3) is 0.875. The summed E-state index contributed by atoms with van der Waals surface area (Å²) in [5.74, 6) is 0. The van der Waals surface area contributed by atoms with Gasteiger partial charge in [-0.2, -0.15) is 9.57 Å². The Balaban J connectivity index is 2.73. The zero-order valence-electron chi connectivity index (χ0n) is 8.30. The van der Waals surface area contributed by atoms with Crippen LogP contribution in [-0.2, 0) is 14.8 Å². The molecule has 1 aliphatic rings. The quantitative estimate of drug-likeness (QED) is 0.666. The van der Waals surface area contributed by atoms with Crippen molar-refractivity contribution in [3.63, 3.8) is 0 Å². The summed E-state index contributed by atoms with van der Waals surface area (Å²) in [5, 5.41) is 7.59. The van der Waals surface area contributed by atoms with Gasteiger partial charge >= 0.3 is 0 Å². The number of sulfonamides is 1. The number of hydrogen-bond acceptors (Lipinski definition) is 4. The molecule has 1 rings (SSSR count). The Labute approximate surface area is 84.3 Å². The minimum atomic E-state index is -3.44. The van der Waals surface area contributed by atoms with Crippen LogP contribution in [0.1, 0.15) is 13.3 Å². The molecule has 6 heteroatoms. The number of nitrogens with zero attached hydrogens (tertiary/aromatic N) is 2. The van der Waals surface area contributed by atoms with Crippen LogP contribution in [0.4, 0.5) is 0 Å². The van der Waals surface area contributed by atoms with Crippen LogP contribution >= 0.6 is 0 Å². The maximum atomic E-state index is 11.7. The summed E-state index contributed by atoms with van der Waals surface area (Å²) in [7, 11) is -1.88. The monoisotopic (exact) mass is 218 g/mol. The van der Waals surface area contributed by atoms with Gasteiger partial charge in [0.25, 0.3) is 0 Å². The number of ether oxygens (including phenoxy) is 1. The normalized spacial score (nSPS) is 25.9. The van der Waals surface area contributed by atoms with Crippen LogP contribution in [0, 0.1) is 11.3 Å². The lowest BCUT2D eigenvalue weighted by Crippen LogP contribution is -2.36. The van der Waals surface area contributed by atoms with E-state index in [9.17, 15) is 8.42 Å². The second kappa shape index (κ2) is 4.26. The average Bonchev–Trinajstić information content (AvgIpc) is 2.65. The summed E-state index contributed by atoms with van der Waals surface area (Å²) in [6.07, 6.45) is 0.670. The fourth-order valence-corrected chi connectivity index (χ4v) is 2.73. The van der Waals surface area contributed by atoms with Crippen molar-refractivity contribution in [2.45, 2.75) is 24.7 Å². The summed E-state index contributed by atoms with van der Waals surface area (Å²) in [6.45, 7) is 2.22. The zero-order valence-corrected chi connectivity index (χ0v) is 9.12. The average molecular weight is 218 g/mol. The van der Waals surface area contributed by atoms with Crippen molar-refractivity contribution in [2.24, 2.45) is 0 Å². The van der Waals surface area contributed by atoms with Crippen LogP contribution in [0.15, 0.2) is 0 Å². The van der Waals surface area contributed by atoms with Gasteiger partial charge in [-0.05, 0) is 13.3 Å². The molecule has 0 amide bonds. The van der Waals surface area contributed by atoms with Crippen molar-refractivity contribution in [1.29, 1.82) is 5.26 Å². The van der Waals surface area contributed by atoms with E-state index >= 15 is 0 Å². The molecule has 0 saturated carbocycles. The van der Waals surface area contributed by atoms with E-state index in [0.717, 1.165) is 0 Å². The third kappa shape index (κ3) is 2.05. The molecule has 0 radical (unpaired) electrons. The molecule has 1 aliphatic heterocycles. The van der Waals surface area contributed by atoms with Crippen LogP contribution < -0.4 is 0 Å². The van der Waals surface area contributed by atoms with E-state index in [2.05, 4.69) is 0 Å². The lowest BCUT2D eigenvalue weighted by molar-refractivity contribution is 0.115. The SMILES string of the molecule is COC1CCN(S(=O)(=O)C(C)C#N)C1. The largest absolute Gasteiger partial charge is 0.380 e. The molecule has 0 aromatic rings. The summed E-state index contributed by atoms with van der Waals surface area (Å²) in [4.78, 5) is 0. The predicted molar refractivity (Wildman–Crippen MR) is 51.0 cm³/mol. The first-order valence-electron chi connectivity index (χ1n) is 4.43. The topological polar surface area (TPSA) is 70.4 Å². The molecule has 0 aromatic heterocycles. The third-order valence-corrected chi connectivity index (χ3v) is 4.48. The highest BCUT2D eigenvalue weighted by molar-refractivity contribution is 7.89. The molecular weight excluding hydrogens is 204 g/mol. The molecular formula is C8H14N2O3S. The number of hydrogen-bond donors (Lipinski definition) is 0. The van der Waals surface area contributed by atoms with Crippen molar-refractivity contribution in [2.75, 3.05) is 20.2 Å². The van der Waals surface area contributed by atoms with Crippen LogP contribution in [0.25, 0.3) is 0 Å². The van der Waals surface area contributed by atoms with Gasteiger partial charge in [0.1, 0.15) is 0 Å². The van der Waals surface area contributed by atoms with E-state index in [-0.39, 0.29) is 6.10 Å². The van der Waals surface area contributed by atoms with Gasteiger partial charge in [0.05, 0.1) is 12.2 Å². The summed E-state index contributed by atoms with van der Waals surface area (Å²) in [5.41, 5.74) is 0. The molecule has 80 valence electrons. The Bertz CT molecular complexity index is 333. The van der Waals surface area contributed by atoms with Crippen LogP contribution in [0.3, 0.4) is 0 Å². The highest BCUT2D eigenvalue weighted by atomic mass is 32.2. The highest BCUT2D eigenvalue weighted by Gasteiger charge is 2.34. The summed E-state index contributed by atoms with van der Waals surface area (Å²) < 4.78 is 29.7. The van der Waals surface area contributed by atoms with Gasteiger partial charge in [0.15, 0.2) is 5.25 Å². The molecule has 0 bridgehead atoms. The highest BCUT2D eigenvalue weighted by Crippen LogP contribution is 2.18. The minimum absolute atomic E-state index is 0.0318. The van der Waals surface area contributed by atoms with Gasteiger partial charge in [0.2, 0.25) is 10.0 Å². The van der Waals surface area contributed by atoms with Crippen LogP contribution in [0.2, 0.25) is 0 Å². The maximum Gasteiger partial charge on any atom is 0.230 e. The Morgan fingerprint density at radius 1 is 1.64 bits per heavy atom. The molecule has 0 N–H and O–H groups in total. The molecule has 2 atom stereocenters. The first-order chi connectivity index (χ1) is 6.52. The second-order valence-corrected chi connectivity index (χ2v) is 5.57. The Kier molecular flexibility index (Phi) is 3.48. The Morgan fingerprint density at radius 3 is 2.71 bits per heavy atom. The van der Waals surface area contributed by atoms with Gasteiger partial charge in [-0.3, -0.25) is 0 Å². The molecule has 0 spiro atoms. The van der Waals surface area contributed by atoms with E-state index in [4.69, 9.17) is 10.00 Å². The third-order valence-electron chi connectivity index (χ3n) is 2.43. The van der Waals surface area contributed by atoms with Crippen molar-refractivity contribution in [3.05, 3.63) is 0 Å². The van der Waals surface area contributed by atoms with E-state index < -0.39 is 15.3 Å². The number of rotatable bonds is 3. The molecule has 0 aliphatic carbocycles. The first-order valence-corrected chi connectivity index (χ1v) is 5.94. The van der Waals surface area contributed by atoms with E-state index in [1.807, 2.05) is 0 Å². The van der Waals surface area contributed by atoms with Crippen LogP contribution in [0.5, 0.6) is 0 Å². The predicted octanol–water partition coefficient (Wildman–Crippen LogP) is -0.0510. The lowest BCUT2D eigenvalue weighted by Gasteiger charge is -2.17. The van der Waals surface area contributed by atoms with Crippen LogP contribution in [-0.4, -0.2) is 44.3 Å². The molecule has 1 fully saturated rings. The number of methoxy groups -OCH3 is 1. The molecule has 5 nitrogen and oxygen atoms in total. The van der Waals surface area contributed by atoms with E-state index in [1.165, 1.54) is 11.2 Å². The van der Waals surface area contributed by atoms with Crippen molar-refractivity contribution < 1.29 is 13.2 Å². The van der Waals surface area contributed by atoms with Crippen molar-refractivity contribution >= 4 is 10.0 Å². The molecule has 1 saturated heterocycles. The molecule has 2 unspecified atom stereocenters. The molecule has 14 heavy (non-hydrogen) atoms. The van der Waals surface area contributed by atoms with E-state index in [0.29, 0.717) is 19.5 Å². The Morgan fingerprint density at radius 2 is 2.29 bits per heavy atom. The summed E-state index contributed by atoms with van der Waals surface area (Å²) in [6, 6.07) is 1.74. The lowest BCUT2D eigenvalue weighted by atomic mass is 10.3. The van der Waals surface area contributed by atoms with Gasteiger partial charge in [-0.1, -0.05) is 0 Å². The summed E-state index contributed by atoms with van der Waals surface area (Å²) >= 11 is 0. The standard InChI is InChI=1S/C8H14N2O3S/c1-7(5-9)14(11,12)10-4-3-8(6-10)13-2/h7-8H,3-4,6H2,1-2H3. The first kappa shape index (κ1) is 11.4. The van der Waals surface area contributed by atoms with Crippen molar-refractivity contribution in [3.8, 4) is 6.07 Å². The Hall–Kier alpha value is -0.640. The van der Waals surface area contributed by atoms with E-state index in [1.54, 1.807) is 13.2 Å². The van der Waals surface area contributed by atoms with Gasteiger partial charge in [-0.15, -0.1) is 0 Å². The second-order valence-electron chi connectivity index (χ2n) is 3.32. The van der Waals surface area contributed by atoms with Gasteiger partial charge in [0, 0.05) is 20.2 Å². The molecule has 1 heterocycles. The maximum absolute atomic E-state index is 11.7.